The van der Waals surface area contributed by atoms with Crippen LogP contribution in [0.5, 0.6) is 0 Å². The van der Waals surface area contributed by atoms with Gasteiger partial charge in [-0.1, -0.05) is 12.1 Å². The number of hydrogen-bond donors (Lipinski definition) is 1. The maximum Gasteiger partial charge on any atom is 0.348 e. The Morgan fingerprint density at radius 3 is 2.72 bits per heavy atom. The SMILES string of the molecule is CN1CCC(CNc2cccc3cc(C(=O)OC(C)(C)C)sc23)CC1. The lowest BCUT2D eigenvalue weighted by atomic mass is 9.97. The Balaban J connectivity index is 1.72. The van der Waals surface area contributed by atoms with Crippen LogP contribution in [0.4, 0.5) is 5.69 Å². The van der Waals surface area contributed by atoms with Crippen LogP contribution in [-0.4, -0.2) is 43.2 Å². The summed E-state index contributed by atoms with van der Waals surface area (Å²) in [5, 5.41) is 4.71. The number of carbonyl (C=O) groups is 1. The van der Waals surface area contributed by atoms with Crippen molar-refractivity contribution in [2.24, 2.45) is 5.92 Å². The molecule has 0 amide bonds. The molecule has 3 rings (SSSR count). The van der Waals surface area contributed by atoms with E-state index in [-0.39, 0.29) is 5.97 Å². The summed E-state index contributed by atoms with van der Waals surface area (Å²) >= 11 is 1.51. The largest absolute Gasteiger partial charge is 0.456 e. The molecule has 0 unspecified atom stereocenters. The van der Waals surface area contributed by atoms with Gasteiger partial charge in [-0.15, -0.1) is 11.3 Å². The summed E-state index contributed by atoms with van der Waals surface area (Å²) in [5.41, 5.74) is 0.652. The maximum absolute atomic E-state index is 12.3. The van der Waals surface area contributed by atoms with Gasteiger partial charge in [-0.25, -0.2) is 4.79 Å². The Morgan fingerprint density at radius 1 is 1.32 bits per heavy atom. The van der Waals surface area contributed by atoms with Gasteiger partial charge >= 0.3 is 5.97 Å². The first-order valence-corrected chi connectivity index (χ1v) is 9.82. The van der Waals surface area contributed by atoms with Gasteiger partial charge < -0.3 is 15.0 Å². The quantitative estimate of drug-likeness (QED) is 0.809. The second-order valence-electron chi connectivity index (χ2n) is 7.96. The molecule has 0 spiro atoms. The molecule has 1 fully saturated rings. The number of anilines is 1. The number of esters is 1. The molecule has 5 heteroatoms. The lowest BCUT2D eigenvalue weighted by Gasteiger charge is -2.29. The van der Waals surface area contributed by atoms with Crippen LogP contribution >= 0.6 is 11.3 Å². The molecule has 1 N–H and O–H groups in total. The smallest absolute Gasteiger partial charge is 0.348 e. The highest BCUT2D eigenvalue weighted by Crippen LogP contribution is 2.33. The zero-order valence-corrected chi connectivity index (χ0v) is 16.4. The zero-order valence-electron chi connectivity index (χ0n) is 15.6. The van der Waals surface area contributed by atoms with Gasteiger partial charge in [0.2, 0.25) is 0 Å². The molecule has 0 radical (unpaired) electrons. The summed E-state index contributed by atoms with van der Waals surface area (Å²) in [7, 11) is 2.19. The van der Waals surface area contributed by atoms with Crippen molar-refractivity contribution in [1.29, 1.82) is 0 Å². The van der Waals surface area contributed by atoms with Crippen molar-refractivity contribution < 1.29 is 9.53 Å². The molecular formula is C20H28N2O2S. The molecule has 0 aliphatic carbocycles. The first-order chi connectivity index (χ1) is 11.8. The normalized spacial score (nSPS) is 17.0. The van der Waals surface area contributed by atoms with E-state index in [1.165, 1.54) is 37.3 Å². The fourth-order valence-electron chi connectivity index (χ4n) is 3.15. The topological polar surface area (TPSA) is 41.6 Å². The molecule has 0 bridgehead atoms. The van der Waals surface area contributed by atoms with Gasteiger partial charge in [0.25, 0.3) is 0 Å². The van der Waals surface area contributed by atoms with Crippen LogP contribution in [0.25, 0.3) is 10.1 Å². The number of nitrogens with one attached hydrogen (secondary N) is 1. The molecule has 0 saturated carbocycles. The summed E-state index contributed by atoms with van der Waals surface area (Å²) in [4.78, 5) is 15.4. The number of thiophene rings is 1. The molecule has 1 aliphatic heterocycles. The highest BCUT2D eigenvalue weighted by molar-refractivity contribution is 7.21. The van der Waals surface area contributed by atoms with Gasteiger partial charge in [0.05, 0.1) is 10.4 Å². The van der Waals surface area contributed by atoms with E-state index in [1.54, 1.807) is 0 Å². The summed E-state index contributed by atoms with van der Waals surface area (Å²) in [5.74, 6) is 0.478. The first kappa shape index (κ1) is 18.2. The van der Waals surface area contributed by atoms with E-state index < -0.39 is 5.60 Å². The van der Waals surface area contributed by atoms with E-state index in [4.69, 9.17) is 4.74 Å². The van der Waals surface area contributed by atoms with Crippen LogP contribution in [0, 0.1) is 5.92 Å². The van der Waals surface area contributed by atoms with Crippen LogP contribution < -0.4 is 5.32 Å². The molecule has 2 aromatic rings. The second kappa shape index (κ2) is 7.34. The van der Waals surface area contributed by atoms with Gasteiger partial charge in [-0.05, 0) is 77.2 Å². The summed E-state index contributed by atoms with van der Waals surface area (Å²) in [6.07, 6.45) is 2.49. The summed E-state index contributed by atoms with van der Waals surface area (Å²) in [6, 6.07) is 8.15. The highest BCUT2D eigenvalue weighted by atomic mass is 32.1. The zero-order chi connectivity index (χ0) is 18.0. The van der Waals surface area contributed by atoms with Crippen molar-refractivity contribution in [2.75, 3.05) is 32.0 Å². The minimum atomic E-state index is -0.470. The average molecular weight is 361 g/mol. The molecule has 1 aromatic carbocycles. The van der Waals surface area contributed by atoms with Crippen molar-refractivity contribution in [3.05, 3.63) is 29.1 Å². The van der Waals surface area contributed by atoms with Crippen molar-refractivity contribution in [3.63, 3.8) is 0 Å². The predicted octanol–water partition coefficient (Wildman–Crippen LogP) is 4.61. The lowest BCUT2D eigenvalue weighted by molar-refractivity contribution is 0.00753. The molecule has 1 saturated heterocycles. The second-order valence-corrected chi connectivity index (χ2v) is 9.02. The van der Waals surface area contributed by atoms with Crippen molar-refractivity contribution >= 4 is 33.1 Å². The van der Waals surface area contributed by atoms with E-state index in [2.05, 4.69) is 29.4 Å². The Hall–Kier alpha value is -1.59. The lowest BCUT2D eigenvalue weighted by Crippen LogP contribution is -2.32. The Bertz CT molecular complexity index is 740. The number of fused-ring (bicyclic) bond motifs is 1. The predicted molar refractivity (Wildman–Crippen MR) is 106 cm³/mol. The summed E-state index contributed by atoms with van der Waals surface area (Å²) < 4.78 is 6.64. The van der Waals surface area contributed by atoms with Gasteiger partial charge in [0, 0.05) is 6.54 Å². The van der Waals surface area contributed by atoms with Crippen molar-refractivity contribution in [2.45, 2.75) is 39.2 Å². The van der Waals surface area contributed by atoms with E-state index in [0.29, 0.717) is 4.88 Å². The minimum Gasteiger partial charge on any atom is -0.456 e. The summed E-state index contributed by atoms with van der Waals surface area (Å²) in [6.45, 7) is 9.04. The highest BCUT2D eigenvalue weighted by Gasteiger charge is 2.21. The molecule has 0 atom stereocenters. The molecule has 1 aliphatic rings. The van der Waals surface area contributed by atoms with Crippen molar-refractivity contribution in [1.82, 2.24) is 4.90 Å². The van der Waals surface area contributed by atoms with E-state index in [9.17, 15) is 4.79 Å². The number of nitrogens with zero attached hydrogens (tertiary/aromatic N) is 1. The van der Waals surface area contributed by atoms with Crippen LogP contribution in [-0.2, 0) is 4.74 Å². The van der Waals surface area contributed by atoms with Gasteiger partial charge in [0.1, 0.15) is 10.5 Å². The minimum absolute atomic E-state index is 0.241. The van der Waals surface area contributed by atoms with E-state index in [0.717, 1.165) is 28.2 Å². The molecule has 1 aromatic heterocycles. The Morgan fingerprint density at radius 2 is 2.04 bits per heavy atom. The number of piperidine rings is 1. The number of ether oxygens (including phenoxy) is 1. The standard InChI is InChI=1S/C20H28N2O2S/c1-20(2,3)24-19(23)17-12-15-6-5-7-16(18(15)25-17)21-13-14-8-10-22(4)11-9-14/h5-7,12,14,21H,8-11,13H2,1-4H3. The van der Waals surface area contributed by atoms with Crippen LogP contribution in [0.15, 0.2) is 24.3 Å². The third-order valence-corrected chi connectivity index (χ3v) is 5.73. The van der Waals surface area contributed by atoms with Gasteiger partial charge in [0.15, 0.2) is 0 Å². The molecule has 4 nitrogen and oxygen atoms in total. The van der Waals surface area contributed by atoms with E-state index in [1.807, 2.05) is 32.9 Å². The monoisotopic (exact) mass is 360 g/mol. The third kappa shape index (κ3) is 4.73. The number of rotatable bonds is 4. The molecular weight excluding hydrogens is 332 g/mol. The molecule has 2 heterocycles. The Labute approximate surface area is 154 Å². The van der Waals surface area contributed by atoms with Crippen LogP contribution in [0.1, 0.15) is 43.3 Å². The third-order valence-electron chi connectivity index (χ3n) is 4.56. The van der Waals surface area contributed by atoms with Gasteiger partial charge in [-0.2, -0.15) is 0 Å². The van der Waals surface area contributed by atoms with Gasteiger partial charge in [-0.3, -0.25) is 0 Å². The first-order valence-electron chi connectivity index (χ1n) is 9.00. The average Bonchev–Trinajstić information content (AvgIpc) is 2.98. The Kier molecular flexibility index (Phi) is 5.35. The number of benzene rings is 1. The maximum atomic E-state index is 12.3. The number of likely N-dealkylation sites (tertiary alicyclic amines) is 1. The fourth-order valence-corrected chi connectivity index (χ4v) is 4.18. The van der Waals surface area contributed by atoms with Crippen LogP contribution in [0.2, 0.25) is 0 Å². The number of carbonyl (C=O) groups excluding carboxylic acids is 1. The molecule has 25 heavy (non-hydrogen) atoms. The van der Waals surface area contributed by atoms with Crippen LogP contribution in [0.3, 0.4) is 0 Å². The number of hydrogen-bond acceptors (Lipinski definition) is 5. The molecule has 136 valence electrons. The van der Waals surface area contributed by atoms with E-state index >= 15 is 0 Å². The fraction of sp³-hybridized carbons (Fsp3) is 0.550. The van der Waals surface area contributed by atoms with Crippen molar-refractivity contribution in [3.8, 4) is 0 Å².